The molecule has 0 bridgehead atoms. The Kier molecular flexibility index (Phi) is 3.35. The van der Waals surface area contributed by atoms with Crippen LogP contribution in [0.4, 0.5) is 5.82 Å². The summed E-state index contributed by atoms with van der Waals surface area (Å²) in [4.78, 5) is 4.41. The average Bonchev–Trinajstić information content (AvgIpc) is 2.89. The molecule has 0 aliphatic carbocycles. The van der Waals surface area contributed by atoms with Crippen LogP contribution in [0.3, 0.4) is 0 Å². The summed E-state index contributed by atoms with van der Waals surface area (Å²) in [5.41, 5.74) is 0. The number of nitrogens with zero attached hydrogens (tertiary/aromatic N) is 1. The van der Waals surface area contributed by atoms with Crippen molar-refractivity contribution >= 4 is 28.2 Å². The molecule has 1 aliphatic heterocycles. The predicted molar refractivity (Wildman–Crippen MR) is 76.3 cm³/mol. The number of nitrogens with one attached hydrogen (secondary N) is 2. The van der Waals surface area contributed by atoms with Gasteiger partial charge in [-0.05, 0) is 36.9 Å². The lowest BCUT2D eigenvalue weighted by Gasteiger charge is -2.14. The monoisotopic (exact) mass is 261 g/mol. The zero-order chi connectivity index (χ0) is 12.4. The van der Waals surface area contributed by atoms with Crippen molar-refractivity contribution in [1.29, 1.82) is 0 Å². The van der Waals surface area contributed by atoms with Gasteiger partial charge in [-0.2, -0.15) is 0 Å². The number of pyridine rings is 1. The highest BCUT2D eigenvalue weighted by atomic mass is 35.5. The Morgan fingerprint density at radius 2 is 2.33 bits per heavy atom. The maximum absolute atomic E-state index is 6.26. The minimum atomic E-state index is 0.546. The van der Waals surface area contributed by atoms with Crippen molar-refractivity contribution in [2.75, 3.05) is 18.4 Å². The quantitative estimate of drug-likeness (QED) is 0.892. The maximum Gasteiger partial charge on any atom is 0.135 e. The number of halogens is 1. The van der Waals surface area contributed by atoms with Crippen LogP contribution in [0.2, 0.25) is 5.02 Å². The van der Waals surface area contributed by atoms with E-state index < -0.39 is 0 Å². The highest BCUT2D eigenvalue weighted by molar-refractivity contribution is 6.36. The van der Waals surface area contributed by atoms with Crippen LogP contribution < -0.4 is 10.6 Å². The summed E-state index contributed by atoms with van der Waals surface area (Å²) in [6, 6.07) is 8.46. The van der Waals surface area contributed by atoms with Gasteiger partial charge in [0, 0.05) is 24.2 Å². The zero-order valence-electron chi connectivity index (χ0n) is 10.1. The lowest BCUT2D eigenvalue weighted by molar-refractivity contribution is 0.633. The van der Waals surface area contributed by atoms with Crippen LogP contribution in [0.15, 0.2) is 30.5 Å². The molecule has 2 heterocycles. The first-order valence-electron chi connectivity index (χ1n) is 6.35. The molecule has 0 amide bonds. The second-order valence-corrected chi connectivity index (χ2v) is 5.08. The molecule has 4 heteroatoms. The smallest absolute Gasteiger partial charge is 0.135 e. The van der Waals surface area contributed by atoms with Crippen molar-refractivity contribution in [3.63, 3.8) is 0 Å². The summed E-state index contributed by atoms with van der Waals surface area (Å²) in [6.07, 6.45) is 4.31. The lowest BCUT2D eigenvalue weighted by atomic mass is 10.1. The van der Waals surface area contributed by atoms with Crippen LogP contribution in [0.25, 0.3) is 10.8 Å². The van der Waals surface area contributed by atoms with Crippen molar-refractivity contribution in [2.45, 2.75) is 18.9 Å². The average molecular weight is 262 g/mol. The van der Waals surface area contributed by atoms with E-state index in [1.807, 2.05) is 24.4 Å². The molecule has 3 rings (SSSR count). The largest absolute Gasteiger partial charge is 0.368 e. The summed E-state index contributed by atoms with van der Waals surface area (Å²) in [5.74, 6) is 0.881. The predicted octanol–water partition coefficient (Wildman–Crippen LogP) is 3.05. The van der Waals surface area contributed by atoms with Crippen molar-refractivity contribution in [3.05, 3.63) is 35.5 Å². The van der Waals surface area contributed by atoms with E-state index in [0.717, 1.165) is 34.7 Å². The standard InChI is InChI=1S/C14H16ClN3/c15-12-5-1-3-10-6-8-17-14(13(10)12)18-9-11-4-2-7-16-11/h1,3,5-6,8,11,16H,2,4,7,9H2,(H,17,18). The lowest BCUT2D eigenvalue weighted by Crippen LogP contribution is -2.29. The molecule has 1 aromatic carbocycles. The Labute approximate surface area is 112 Å². The van der Waals surface area contributed by atoms with Crippen LogP contribution in [0, 0.1) is 0 Å². The maximum atomic E-state index is 6.26. The molecule has 1 aliphatic rings. The van der Waals surface area contributed by atoms with E-state index in [4.69, 9.17) is 11.6 Å². The number of aromatic nitrogens is 1. The number of fused-ring (bicyclic) bond motifs is 1. The van der Waals surface area contributed by atoms with Crippen molar-refractivity contribution in [3.8, 4) is 0 Å². The van der Waals surface area contributed by atoms with Gasteiger partial charge in [-0.15, -0.1) is 0 Å². The van der Waals surface area contributed by atoms with Gasteiger partial charge in [-0.25, -0.2) is 4.98 Å². The molecule has 1 atom stereocenters. The Hall–Kier alpha value is -1.32. The van der Waals surface area contributed by atoms with Crippen LogP contribution in [-0.4, -0.2) is 24.1 Å². The van der Waals surface area contributed by atoms with Crippen molar-refractivity contribution in [2.24, 2.45) is 0 Å². The molecular weight excluding hydrogens is 246 g/mol. The van der Waals surface area contributed by atoms with Crippen LogP contribution >= 0.6 is 11.6 Å². The minimum Gasteiger partial charge on any atom is -0.368 e. The topological polar surface area (TPSA) is 37.0 Å². The second kappa shape index (κ2) is 5.12. The SMILES string of the molecule is Clc1cccc2ccnc(NCC3CCCN3)c12. The summed E-state index contributed by atoms with van der Waals surface area (Å²) >= 11 is 6.26. The molecule has 1 fully saturated rings. The molecule has 0 radical (unpaired) electrons. The van der Waals surface area contributed by atoms with E-state index in [1.54, 1.807) is 0 Å². The Balaban J connectivity index is 1.86. The fraction of sp³-hybridized carbons (Fsp3) is 0.357. The third-order valence-corrected chi connectivity index (χ3v) is 3.73. The Morgan fingerprint density at radius 1 is 1.39 bits per heavy atom. The van der Waals surface area contributed by atoms with Crippen LogP contribution in [0.1, 0.15) is 12.8 Å². The molecule has 0 saturated carbocycles. The number of rotatable bonds is 3. The van der Waals surface area contributed by atoms with Crippen molar-refractivity contribution in [1.82, 2.24) is 10.3 Å². The van der Waals surface area contributed by atoms with Gasteiger partial charge in [0.15, 0.2) is 0 Å². The Morgan fingerprint density at radius 3 is 3.17 bits per heavy atom. The number of anilines is 1. The zero-order valence-corrected chi connectivity index (χ0v) is 10.9. The first-order valence-corrected chi connectivity index (χ1v) is 6.73. The van der Waals surface area contributed by atoms with Gasteiger partial charge in [-0.3, -0.25) is 0 Å². The molecule has 0 spiro atoms. The molecule has 3 nitrogen and oxygen atoms in total. The summed E-state index contributed by atoms with van der Waals surface area (Å²) < 4.78 is 0. The van der Waals surface area contributed by atoms with E-state index in [-0.39, 0.29) is 0 Å². The minimum absolute atomic E-state index is 0.546. The van der Waals surface area contributed by atoms with Gasteiger partial charge in [0.2, 0.25) is 0 Å². The van der Waals surface area contributed by atoms with E-state index in [9.17, 15) is 0 Å². The normalized spacial score (nSPS) is 19.3. The molecule has 1 aromatic heterocycles. The molecule has 94 valence electrons. The van der Waals surface area contributed by atoms with E-state index in [1.165, 1.54) is 12.8 Å². The van der Waals surface area contributed by atoms with Gasteiger partial charge >= 0.3 is 0 Å². The first-order chi connectivity index (χ1) is 8.84. The highest BCUT2D eigenvalue weighted by Gasteiger charge is 2.14. The van der Waals surface area contributed by atoms with Crippen molar-refractivity contribution < 1.29 is 0 Å². The Bertz CT molecular complexity index is 544. The molecule has 2 aromatic rings. The molecule has 2 N–H and O–H groups in total. The molecular formula is C14H16ClN3. The van der Waals surface area contributed by atoms with Gasteiger partial charge in [0.05, 0.1) is 5.02 Å². The van der Waals surface area contributed by atoms with Gasteiger partial charge in [0.25, 0.3) is 0 Å². The second-order valence-electron chi connectivity index (χ2n) is 4.67. The molecule has 1 unspecified atom stereocenters. The first kappa shape index (κ1) is 11.8. The van der Waals surface area contributed by atoms with Gasteiger partial charge < -0.3 is 10.6 Å². The van der Waals surface area contributed by atoms with Gasteiger partial charge in [-0.1, -0.05) is 23.7 Å². The highest BCUT2D eigenvalue weighted by Crippen LogP contribution is 2.28. The number of hydrogen-bond donors (Lipinski definition) is 2. The van der Waals surface area contributed by atoms with E-state index >= 15 is 0 Å². The summed E-state index contributed by atoms with van der Waals surface area (Å²) in [5, 5.41) is 9.77. The summed E-state index contributed by atoms with van der Waals surface area (Å²) in [6.45, 7) is 2.02. The van der Waals surface area contributed by atoms with Crippen LogP contribution in [-0.2, 0) is 0 Å². The third-order valence-electron chi connectivity index (χ3n) is 3.42. The summed E-state index contributed by atoms with van der Waals surface area (Å²) in [7, 11) is 0. The van der Waals surface area contributed by atoms with Crippen LogP contribution in [0.5, 0.6) is 0 Å². The number of hydrogen-bond acceptors (Lipinski definition) is 3. The fourth-order valence-electron chi connectivity index (χ4n) is 2.47. The molecule has 1 saturated heterocycles. The molecule has 18 heavy (non-hydrogen) atoms. The third kappa shape index (κ3) is 2.28. The van der Waals surface area contributed by atoms with E-state index in [2.05, 4.69) is 21.7 Å². The van der Waals surface area contributed by atoms with Gasteiger partial charge in [0.1, 0.15) is 5.82 Å². The number of benzene rings is 1. The van der Waals surface area contributed by atoms with E-state index in [0.29, 0.717) is 6.04 Å². The fourth-order valence-corrected chi connectivity index (χ4v) is 2.74.